The first-order valence-electron chi connectivity index (χ1n) is 9.63. The zero-order valence-corrected chi connectivity index (χ0v) is 16.8. The van der Waals surface area contributed by atoms with Gasteiger partial charge in [0.15, 0.2) is 0 Å². The van der Waals surface area contributed by atoms with Crippen molar-refractivity contribution in [3.8, 4) is 5.75 Å². The molecular weight excluding hydrogens is 374 g/mol. The molecule has 2 heterocycles. The summed E-state index contributed by atoms with van der Waals surface area (Å²) in [5.41, 5.74) is 1.35. The number of anilines is 1. The summed E-state index contributed by atoms with van der Waals surface area (Å²) in [4.78, 5) is 31.4. The molecule has 1 saturated carbocycles. The van der Waals surface area contributed by atoms with Gasteiger partial charge in [0.05, 0.1) is 23.2 Å². The summed E-state index contributed by atoms with van der Waals surface area (Å²) in [6.07, 6.45) is 5.97. The Morgan fingerprint density at radius 1 is 1.29 bits per heavy atom. The van der Waals surface area contributed by atoms with Crippen molar-refractivity contribution in [2.75, 3.05) is 11.9 Å². The Morgan fingerprint density at radius 3 is 2.68 bits per heavy atom. The van der Waals surface area contributed by atoms with Crippen LogP contribution in [0.3, 0.4) is 0 Å². The number of carbonyl (C=O) groups is 1. The number of benzene rings is 1. The van der Waals surface area contributed by atoms with Crippen molar-refractivity contribution in [1.82, 2.24) is 9.55 Å². The molecule has 28 heavy (non-hydrogen) atoms. The van der Waals surface area contributed by atoms with E-state index in [9.17, 15) is 9.59 Å². The summed E-state index contributed by atoms with van der Waals surface area (Å²) in [6.45, 7) is 4.35. The van der Waals surface area contributed by atoms with Crippen molar-refractivity contribution < 1.29 is 9.53 Å². The molecule has 0 bridgehead atoms. The molecular formula is C21H23N3O3S. The largest absolute Gasteiger partial charge is 0.494 e. The van der Waals surface area contributed by atoms with Gasteiger partial charge in [0.1, 0.15) is 10.6 Å². The number of nitrogens with one attached hydrogen (secondary N) is 1. The molecule has 1 N–H and O–H groups in total. The van der Waals surface area contributed by atoms with E-state index < -0.39 is 0 Å². The second kappa shape index (κ2) is 7.75. The summed E-state index contributed by atoms with van der Waals surface area (Å²) in [6, 6.07) is 7.47. The standard InChI is InChI=1S/C21H23N3O3S/c1-3-27-16-10-8-14(9-11-16)23-19(25)18-13(2)17-20(28-18)22-12-24(21(17)26)15-6-4-5-7-15/h8-12,15H,3-7H2,1-2H3,(H,23,25). The van der Waals surface area contributed by atoms with E-state index in [-0.39, 0.29) is 17.5 Å². The minimum atomic E-state index is -0.225. The van der Waals surface area contributed by atoms with Crippen LogP contribution in [-0.2, 0) is 0 Å². The van der Waals surface area contributed by atoms with Gasteiger partial charge in [-0.15, -0.1) is 11.3 Å². The molecule has 0 spiro atoms. The quantitative estimate of drug-likeness (QED) is 0.686. The predicted molar refractivity (Wildman–Crippen MR) is 112 cm³/mol. The van der Waals surface area contributed by atoms with Crippen LogP contribution in [0.5, 0.6) is 5.75 Å². The number of hydrogen-bond donors (Lipinski definition) is 1. The number of aryl methyl sites for hydroxylation is 1. The monoisotopic (exact) mass is 397 g/mol. The van der Waals surface area contributed by atoms with Gasteiger partial charge in [0, 0.05) is 11.7 Å². The van der Waals surface area contributed by atoms with Gasteiger partial charge in [-0.1, -0.05) is 12.8 Å². The molecule has 0 radical (unpaired) electrons. The molecule has 0 atom stereocenters. The Hall–Kier alpha value is -2.67. The molecule has 0 aliphatic heterocycles. The Kier molecular flexibility index (Phi) is 5.17. The van der Waals surface area contributed by atoms with Crippen LogP contribution in [0.4, 0.5) is 5.69 Å². The molecule has 1 aliphatic carbocycles. The summed E-state index contributed by atoms with van der Waals surface area (Å²) < 4.78 is 7.17. The number of rotatable bonds is 5. The lowest BCUT2D eigenvalue weighted by molar-refractivity contribution is 0.103. The molecule has 2 aromatic heterocycles. The Labute approximate surface area is 167 Å². The van der Waals surface area contributed by atoms with Gasteiger partial charge in [-0.05, 0) is 56.5 Å². The molecule has 1 aliphatic rings. The minimum absolute atomic E-state index is 0.0363. The van der Waals surface area contributed by atoms with Crippen molar-refractivity contribution in [2.45, 2.75) is 45.6 Å². The fourth-order valence-corrected chi connectivity index (χ4v) is 4.82. The number of carbonyl (C=O) groups excluding carboxylic acids is 1. The van der Waals surface area contributed by atoms with Crippen LogP contribution >= 0.6 is 11.3 Å². The highest BCUT2D eigenvalue weighted by Gasteiger charge is 2.23. The van der Waals surface area contributed by atoms with Crippen molar-refractivity contribution >= 4 is 33.1 Å². The van der Waals surface area contributed by atoms with E-state index in [0.29, 0.717) is 33.0 Å². The van der Waals surface area contributed by atoms with Crippen molar-refractivity contribution in [2.24, 2.45) is 0 Å². The van der Waals surface area contributed by atoms with Crippen LogP contribution in [0.1, 0.15) is 53.9 Å². The lowest BCUT2D eigenvalue weighted by atomic mass is 10.2. The predicted octanol–water partition coefficient (Wildman–Crippen LogP) is 4.53. The lowest BCUT2D eigenvalue weighted by Gasteiger charge is -2.12. The third-order valence-electron chi connectivity index (χ3n) is 5.22. The molecule has 7 heteroatoms. The van der Waals surface area contributed by atoms with E-state index in [2.05, 4.69) is 10.3 Å². The first kappa shape index (κ1) is 18.7. The number of thiophene rings is 1. The molecule has 1 aromatic carbocycles. The van der Waals surface area contributed by atoms with E-state index in [1.54, 1.807) is 23.0 Å². The van der Waals surface area contributed by atoms with E-state index in [1.807, 2.05) is 26.0 Å². The molecule has 146 valence electrons. The number of ether oxygens (including phenoxy) is 1. The highest BCUT2D eigenvalue weighted by atomic mass is 32.1. The van der Waals surface area contributed by atoms with Gasteiger partial charge in [0.25, 0.3) is 11.5 Å². The third-order valence-corrected chi connectivity index (χ3v) is 6.42. The van der Waals surface area contributed by atoms with Crippen LogP contribution in [0.15, 0.2) is 35.4 Å². The molecule has 0 unspecified atom stereocenters. The second-order valence-electron chi connectivity index (χ2n) is 7.04. The maximum Gasteiger partial charge on any atom is 0.266 e. The number of nitrogens with zero attached hydrogens (tertiary/aromatic N) is 2. The minimum Gasteiger partial charge on any atom is -0.494 e. The smallest absolute Gasteiger partial charge is 0.266 e. The summed E-state index contributed by atoms with van der Waals surface area (Å²) in [7, 11) is 0. The van der Waals surface area contributed by atoms with E-state index in [0.717, 1.165) is 31.4 Å². The fraction of sp³-hybridized carbons (Fsp3) is 0.381. The summed E-state index contributed by atoms with van der Waals surface area (Å²) in [5.74, 6) is 0.534. The topological polar surface area (TPSA) is 73.2 Å². The summed E-state index contributed by atoms with van der Waals surface area (Å²) >= 11 is 1.27. The molecule has 3 aromatic rings. The highest BCUT2D eigenvalue weighted by Crippen LogP contribution is 2.31. The van der Waals surface area contributed by atoms with Gasteiger partial charge < -0.3 is 10.1 Å². The molecule has 1 amide bonds. The SMILES string of the molecule is CCOc1ccc(NC(=O)c2sc3ncn(C4CCCC4)c(=O)c3c2C)cc1. The fourth-order valence-electron chi connectivity index (χ4n) is 3.79. The Balaban J connectivity index is 1.63. The first-order valence-corrected chi connectivity index (χ1v) is 10.4. The zero-order chi connectivity index (χ0) is 19.7. The van der Waals surface area contributed by atoms with E-state index in [1.165, 1.54) is 11.3 Å². The Bertz CT molecular complexity index is 1060. The van der Waals surface area contributed by atoms with Gasteiger partial charge >= 0.3 is 0 Å². The van der Waals surface area contributed by atoms with Crippen LogP contribution in [-0.4, -0.2) is 22.1 Å². The number of amides is 1. The van der Waals surface area contributed by atoms with Gasteiger partial charge in [-0.3, -0.25) is 14.2 Å². The number of aromatic nitrogens is 2. The lowest BCUT2D eigenvalue weighted by Crippen LogP contribution is -2.23. The van der Waals surface area contributed by atoms with E-state index >= 15 is 0 Å². The van der Waals surface area contributed by atoms with Gasteiger partial charge in [0.2, 0.25) is 0 Å². The molecule has 6 nitrogen and oxygen atoms in total. The molecule has 0 saturated heterocycles. The zero-order valence-electron chi connectivity index (χ0n) is 16.0. The van der Waals surface area contributed by atoms with Crippen LogP contribution in [0, 0.1) is 6.92 Å². The third kappa shape index (κ3) is 3.42. The van der Waals surface area contributed by atoms with Crippen LogP contribution < -0.4 is 15.6 Å². The maximum absolute atomic E-state index is 13.0. The van der Waals surface area contributed by atoms with Crippen molar-refractivity contribution in [3.05, 3.63) is 51.4 Å². The van der Waals surface area contributed by atoms with Crippen molar-refractivity contribution in [3.63, 3.8) is 0 Å². The van der Waals surface area contributed by atoms with Crippen molar-refractivity contribution in [1.29, 1.82) is 0 Å². The Morgan fingerprint density at radius 2 is 2.00 bits per heavy atom. The van der Waals surface area contributed by atoms with Crippen LogP contribution in [0.2, 0.25) is 0 Å². The van der Waals surface area contributed by atoms with Gasteiger partial charge in [-0.25, -0.2) is 4.98 Å². The normalized spacial score (nSPS) is 14.5. The average molecular weight is 398 g/mol. The maximum atomic E-state index is 13.0. The van der Waals surface area contributed by atoms with E-state index in [4.69, 9.17) is 4.74 Å². The molecule has 1 fully saturated rings. The first-order chi connectivity index (χ1) is 13.6. The average Bonchev–Trinajstić information content (AvgIpc) is 3.32. The number of hydrogen-bond acceptors (Lipinski definition) is 5. The molecule has 4 rings (SSSR count). The van der Waals surface area contributed by atoms with Crippen LogP contribution in [0.25, 0.3) is 10.2 Å². The highest BCUT2D eigenvalue weighted by molar-refractivity contribution is 7.20. The second-order valence-corrected chi connectivity index (χ2v) is 8.04. The van der Waals surface area contributed by atoms with Gasteiger partial charge in [-0.2, -0.15) is 0 Å². The number of fused-ring (bicyclic) bond motifs is 1. The summed E-state index contributed by atoms with van der Waals surface area (Å²) in [5, 5.41) is 3.46.